The van der Waals surface area contributed by atoms with Gasteiger partial charge in [0.25, 0.3) is 5.91 Å². The molecule has 0 radical (unpaired) electrons. The molecule has 0 spiro atoms. The molecule has 2 atom stereocenters. The first-order chi connectivity index (χ1) is 16.9. The van der Waals surface area contributed by atoms with Crippen LogP contribution in [0.4, 0.5) is 4.79 Å². The monoisotopic (exact) mass is 541 g/mol. The van der Waals surface area contributed by atoms with E-state index in [-0.39, 0.29) is 66.2 Å². The van der Waals surface area contributed by atoms with Crippen molar-refractivity contribution in [1.82, 2.24) is 15.5 Å². The van der Waals surface area contributed by atoms with Crippen LogP contribution in [0.25, 0.3) is 0 Å². The number of β-lactam (4-membered cyclic amide) rings is 1. The first-order valence-electron chi connectivity index (χ1n) is 11.2. The molecule has 0 unspecified atom stereocenters. The van der Waals surface area contributed by atoms with Gasteiger partial charge < -0.3 is 30.0 Å². The molecule has 0 bridgehead atoms. The number of fused-ring (bicyclic) bond motifs is 1. The van der Waals surface area contributed by atoms with Gasteiger partial charge in [-0.3, -0.25) is 19.3 Å². The maximum Gasteiger partial charge on any atom is 1.00 e. The van der Waals surface area contributed by atoms with Crippen LogP contribution in [0, 0.1) is 0 Å². The second-order valence-electron chi connectivity index (χ2n) is 9.33. The van der Waals surface area contributed by atoms with Crippen LogP contribution in [0.3, 0.4) is 0 Å². The van der Waals surface area contributed by atoms with E-state index in [1.165, 1.54) is 18.7 Å². The molecule has 3 rings (SSSR count). The molecule has 0 saturated carbocycles. The number of alkyl carbamates (subject to hydrolysis) is 1. The van der Waals surface area contributed by atoms with E-state index < -0.39 is 46.9 Å². The van der Waals surface area contributed by atoms with E-state index in [2.05, 4.69) is 10.6 Å². The Kier molecular flexibility index (Phi) is 10.6. The van der Waals surface area contributed by atoms with Crippen molar-refractivity contribution in [2.75, 3.05) is 12.4 Å². The molecule has 13 heteroatoms. The number of carbonyl (C=O) groups excluding carboxylic acids is 5. The van der Waals surface area contributed by atoms with Gasteiger partial charge in [0.15, 0.2) is 0 Å². The van der Waals surface area contributed by atoms with Crippen LogP contribution in [0.1, 0.15) is 38.8 Å². The van der Waals surface area contributed by atoms with Crippen molar-refractivity contribution in [3.8, 4) is 0 Å². The van der Waals surface area contributed by atoms with Crippen LogP contribution >= 0.6 is 11.8 Å². The van der Waals surface area contributed by atoms with Crippen LogP contribution < -0.4 is 45.3 Å². The van der Waals surface area contributed by atoms with Crippen LogP contribution in [0.15, 0.2) is 35.5 Å². The van der Waals surface area contributed by atoms with Crippen molar-refractivity contribution < 1.29 is 68.1 Å². The van der Waals surface area contributed by atoms with E-state index in [9.17, 15) is 29.1 Å². The molecule has 194 valence electrons. The average Bonchev–Trinajstić information content (AvgIpc) is 2.78. The van der Waals surface area contributed by atoms with Gasteiger partial charge >= 0.3 is 41.6 Å². The van der Waals surface area contributed by atoms with Gasteiger partial charge in [-0.1, -0.05) is 24.3 Å². The van der Waals surface area contributed by atoms with Gasteiger partial charge in [-0.2, -0.15) is 0 Å². The van der Waals surface area contributed by atoms with Gasteiger partial charge in [0.2, 0.25) is 5.91 Å². The van der Waals surface area contributed by atoms with Crippen molar-refractivity contribution >= 4 is 41.6 Å². The van der Waals surface area contributed by atoms with Crippen LogP contribution in [-0.4, -0.2) is 64.1 Å². The van der Waals surface area contributed by atoms with Crippen molar-refractivity contribution in [3.05, 3.63) is 46.7 Å². The van der Waals surface area contributed by atoms with Crippen LogP contribution in [0.5, 0.6) is 0 Å². The molecule has 3 amide bonds. The number of nitrogens with zero attached hydrogens (tertiary/aromatic N) is 1. The SMILES string of the molecule is CC(=O)OCC1=C(C(=O)[O-])N2C(=O)[C@@H](NC(=O)Cc3cccc(CNC(=O)OC(C)(C)C)c3)[C@H]2SC1.[Na+]. The molecule has 2 N–H and O–H groups in total. The Morgan fingerprint density at radius 3 is 2.49 bits per heavy atom. The van der Waals surface area contributed by atoms with E-state index in [0.717, 1.165) is 10.5 Å². The van der Waals surface area contributed by atoms with E-state index in [1.807, 2.05) is 0 Å². The Morgan fingerprint density at radius 1 is 1.19 bits per heavy atom. The zero-order valence-electron chi connectivity index (χ0n) is 21.4. The predicted octanol–water partition coefficient (Wildman–Crippen LogP) is -2.78. The molecule has 1 aromatic rings. The standard InChI is InChI=1S/C24H29N3O8S.Na/c1-13(28)34-11-16-12-36-21-18(20(30)27(21)19(16)22(31)32)26-17(29)9-14-6-5-7-15(8-14)10-25-23(33)35-24(2,3)4;/h5-8,18,21H,9-12H2,1-4H3,(H,25,33)(H,26,29)(H,31,32);/q;+1/p-1/t18-,21-;/m1./s1. The summed E-state index contributed by atoms with van der Waals surface area (Å²) >= 11 is 1.27. The molecule has 2 aliphatic rings. The van der Waals surface area contributed by atoms with Crippen molar-refractivity contribution in [1.29, 1.82) is 0 Å². The van der Waals surface area contributed by atoms with Gasteiger partial charge in [0.1, 0.15) is 23.6 Å². The second kappa shape index (κ2) is 12.8. The summed E-state index contributed by atoms with van der Waals surface area (Å²) in [5, 5.41) is 16.4. The number of carbonyl (C=O) groups is 5. The number of thioether (sulfide) groups is 1. The fraction of sp³-hybridized carbons (Fsp3) is 0.458. The van der Waals surface area contributed by atoms with Crippen LogP contribution in [0.2, 0.25) is 0 Å². The van der Waals surface area contributed by atoms with Crippen molar-refractivity contribution in [3.63, 3.8) is 0 Å². The van der Waals surface area contributed by atoms with Gasteiger partial charge in [0.05, 0.1) is 18.1 Å². The molecule has 2 heterocycles. The topological polar surface area (TPSA) is 154 Å². The Hall–Kier alpha value is -2.54. The fourth-order valence-corrected chi connectivity index (χ4v) is 5.05. The smallest absolute Gasteiger partial charge is 0.543 e. The molecule has 11 nitrogen and oxygen atoms in total. The largest absolute Gasteiger partial charge is 1.00 e. The van der Waals surface area contributed by atoms with Crippen LogP contribution in [-0.2, 0) is 41.6 Å². The molecular weight excluding hydrogens is 513 g/mol. The average molecular weight is 542 g/mol. The number of esters is 1. The Bertz CT molecular complexity index is 1120. The number of amides is 3. The molecule has 37 heavy (non-hydrogen) atoms. The summed E-state index contributed by atoms with van der Waals surface area (Å²) in [7, 11) is 0. The number of carboxylic acid groups (broad SMARTS) is 1. The number of benzene rings is 1. The minimum Gasteiger partial charge on any atom is -0.543 e. The Balaban J connectivity index is 0.00000481. The zero-order valence-corrected chi connectivity index (χ0v) is 24.2. The molecule has 1 fully saturated rings. The van der Waals surface area contributed by atoms with E-state index in [4.69, 9.17) is 9.47 Å². The quantitative estimate of drug-likeness (QED) is 0.202. The third-order valence-corrected chi connectivity index (χ3v) is 6.54. The van der Waals surface area contributed by atoms with Gasteiger partial charge in [-0.25, -0.2) is 4.79 Å². The van der Waals surface area contributed by atoms with E-state index >= 15 is 0 Å². The number of nitrogens with one attached hydrogen (secondary N) is 2. The van der Waals surface area contributed by atoms with E-state index in [0.29, 0.717) is 5.56 Å². The number of aliphatic carboxylic acids is 1. The number of hydrogen-bond donors (Lipinski definition) is 2. The van der Waals surface area contributed by atoms with Crippen molar-refractivity contribution in [2.45, 2.75) is 57.7 Å². The molecule has 2 aliphatic heterocycles. The van der Waals surface area contributed by atoms with Gasteiger partial charge in [-0.05, 0) is 31.9 Å². The maximum atomic E-state index is 12.7. The molecule has 1 saturated heterocycles. The first kappa shape index (κ1) is 30.7. The molecule has 1 aromatic carbocycles. The summed E-state index contributed by atoms with van der Waals surface area (Å²) in [5.74, 6) is -2.88. The minimum atomic E-state index is -1.54. The molecule has 0 aromatic heterocycles. The first-order valence-corrected chi connectivity index (χ1v) is 12.3. The number of carboxylic acids is 1. The minimum absolute atomic E-state index is 0. The third kappa shape index (κ3) is 8.22. The summed E-state index contributed by atoms with van der Waals surface area (Å²) in [5.41, 5.74) is 0.775. The molecular formula is C24H28N3NaO8S. The predicted molar refractivity (Wildman–Crippen MR) is 127 cm³/mol. The number of rotatable bonds is 8. The summed E-state index contributed by atoms with van der Waals surface area (Å²) < 4.78 is 10.1. The number of ether oxygens (including phenoxy) is 2. The Labute approximate surface area is 241 Å². The third-order valence-electron chi connectivity index (χ3n) is 5.20. The molecule has 0 aliphatic carbocycles. The van der Waals surface area contributed by atoms with Gasteiger partial charge in [0, 0.05) is 24.8 Å². The maximum absolute atomic E-state index is 12.7. The van der Waals surface area contributed by atoms with Gasteiger partial charge in [-0.15, -0.1) is 11.8 Å². The summed E-state index contributed by atoms with van der Waals surface area (Å²) in [6.07, 6.45) is -0.563. The zero-order chi connectivity index (χ0) is 26.6. The summed E-state index contributed by atoms with van der Waals surface area (Å²) in [6, 6.07) is 6.18. The Morgan fingerprint density at radius 2 is 1.86 bits per heavy atom. The second-order valence-corrected chi connectivity index (χ2v) is 10.4. The van der Waals surface area contributed by atoms with E-state index in [1.54, 1.807) is 45.0 Å². The normalized spacial score (nSPS) is 18.6. The summed E-state index contributed by atoms with van der Waals surface area (Å²) in [4.78, 5) is 61.0. The summed E-state index contributed by atoms with van der Waals surface area (Å²) in [6.45, 7) is 6.46. The van der Waals surface area contributed by atoms with Crippen molar-refractivity contribution in [2.24, 2.45) is 0 Å². The fourth-order valence-electron chi connectivity index (χ4n) is 3.72. The number of hydrogen-bond acceptors (Lipinski definition) is 9.